The Morgan fingerprint density at radius 1 is 1.69 bits per heavy atom. The monoisotopic (exact) mass is 179 g/mol. The van der Waals surface area contributed by atoms with Crippen molar-refractivity contribution in [2.75, 3.05) is 13.6 Å². The first kappa shape index (κ1) is 8.75. The fourth-order valence-corrected chi connectivity index (χ4v) is 2.15. The minimum atomic E-state index is 0.799. The van der Waals surface area contributed by atoms with Crippen LogP contribution in [0.3, 0.4) is 0 Å². The van der Waals surface area contributed by atoms with Gasteiger partial charge in [0.1, 0.15) is 0 Å². The molecule has 1 aromatic heterocycles. The van der Waals surface area contributed by atoms with Gasteiger partial charge in [0.25, 0.3) is 0 Å². The lowest BCUT2D eigenvalue weighted by molar-refractivity contribution is 0.427. The van der Waals surface area contributed by atoms with Crippen LogP contribution in [0.25, 0.3) is 0 Å². The average molecular weight is 179 g/mol. The van der Waals surface area contributed by atoms with E-state index in [1.807, 2.05) is 13.4 Å². The van der Waals surface area contributed by atoms with E-state index >= 15 is 0 Å². The standard InChI is InChI=1S/C10H17N3/c1-11-6-8-3-4-9-10(5-8)13(2)7-12-9/h7-8,11H,3-6H2,1-2H3. The lowest BCUT2D eigenvalue weighted by Gasteiger charge is -2.21. The molecule has 3 nitrogen and oxygen atoms in total. The minimum Gasteiger partial charge on any atom is -0.337 e. The molecule has 1 atom stereocenters. The third-order valence-electron chi connectivity index (χ3n) is 2.91. The number of rotatable bonds is 2. The van der Waals surface area contributed by atoms with Gasteiger partial charge in [-0.15, -0.1) is 0 Å². The molecule has 1 aliphatic carbocycles. The van der Waals surface area contributed by atoms with Crippen molar-refractivity contribution < 1.29 is 0 Å². The van der Waals surface area contributed by atoms with Crippen LogP contribution < -0.4 is 5.32 Å². The SMILES string of the molecule is CNCC1CCc2ncn(C)c2C1. The Balaban J connectivity index is 2.13. The minimum absolute atomic E-state index is 0.799. The van der Waals surface area contributed by atoms with Crippen molar-refractivity contribution in [3.05, 3.63) is 17.7 Å². The van der Waals surface area contributed by atoms with Crippen molar-refractivity contribution in [2.45, 2.75) is 19.3 Å². The van der Waals surface area contributed by atoms with Crippen LogP contribution in [-0.2, 0) is 19.9 Å². The van der Waals surface area contributed by atoms with Gasteiger partial charge in [-0.25, -0.2) is 4.98 Å². The molecule has 0 spiro atoms. The fourth-order valence-electron chi connectivity index (χ4n) is 2.15. The number of fused-ring (bicyclic) bond motifs is 1. The Labute approximate surface area is 79.2 Å². The Morgan fingerprint density at radius 3 is 3.31 bits per heavy atom. The van der Waals surface area contributed by atoms with E-state index < -0.39 is 0 Å². The van der Waals surface area contributed by atoms with Crippen molar-refractivity contribution in [3.8, 4) is 0 Å². The van der Waals surface area contributed by atoms with Crippen molar-refractivity contribution in [2.24, 2.45) is 13.0 Å². The third kappa shape index (κ3) is 1.61. The summed E-state index contributed by atoms with van der Waals surface area (Å²) >= 11 is 0. The van der Waals surface area contributed by atoms with E-state index in [4.69, 9.17) is 0 Å². The molecule has 0 saturated heterocycles. The number of imidazole rings is 1. The highest BCUT2D eigenvalue weighted by molar-refractivity contribution is 5.17. The molecule has 13 heavy (non-hydrogen) atoms. The summed E-state index contributed by atoms with van der Waals surface area (Å²) in [6, 6.07) is 0. The smallest absolute Gasteiger partial charge is 0.0949 e. The van der Waals surface area contributed by atoms with E-state index in [1.54, 1.807) is 0 Å². The zero-order valence-electron chi connectivity index (χ0n) is 8.38. The molecule has 2 rings (SSSR count). The van der Waals surface area contributed by atoms with Crippen LogP contribution in [0.1, 0.15) is 17.8 Å². The Hall–Kier alpha value is -0.830. The number of hydrogen-bond donors (Lipinski definition) is 1. The number of nitrogens with one attached hydrogen (secondary N) is 1. The quantitative estimate of drug-likeness (QED) is 0.726. The topological polar surface area (TPSA) is 29.9 Å². The maximum Gasteiger partial charge on any atom is 0.0949 e. The first-order valence-corrected chi connectivity index (χ1v) is 4.95. The number of aromatic nitrogens is 2. The molecule has 1 aliphatic rings. The highest BCUT2D eigenvalue weighted by Gasteiger charge is 2.20. The molecule has 0 fully saturated rings. The summed E-state index contributed by atoms with van der Waals surface area (Å²) in [4.78, 5) is 4.39. The average Bonchev–Trinajstić information content (AvgIpc) is 2.49. The molecule has 0 aromatic carbocycles. The van der Waals surface area contributed by atoms with Crippen molar-refractivity contribution in [3.63, 3.8) is 0 Å². The molecule has 1 unspecified atom stereocenters. The van der Waals surface area contributed by atoms with Gasteiger partial charge < -0.3 is 9.88 Å². The summed E-state index contributed by atoms with van der Waals surface area (Å²) in [5.41, 5.74) is 2.75. The first-order valence-electron chi connectivity index (χ1n) is 4.95. The van der Waals surface area contributed by atoms with E-state index in [-0.39, 0.29) is 0 Å². The van der Waals surface area contributed by atoms with Crippen LogP contribution in [0.2, 0.25) is 0 Å². The van der Waals surface area contributed by atoms with Gasteiger partial charge in [0.15, 0.2) is 0 Å². The van der Waals surface area contributed by atoms with Crippen LogP contribution in [0.5, 0.6) is 0 Å². The van der Waals surface area contributed by atoms with Crippen LogP contribution in [0.15, 0.2) is 6.33 Å². The lowest BCUT2D eigenvalue weighted by atomic mass is 9.90. The summed E-state index contributed by atoms with van der Waals surface area (Å²) in [7, 11) is 4.12. The predicted octanol–water partition coefficient (Wildman–Crippen LogP) is 0.744. The molecule has 0 radical (unpaired) electrons. The van der Waals surface area contributed by atoms with Gasteiger partial charge >= 0.3 is 0 Å². The summed E-state index contributed by atoms with van der Waals surface area (Å²) in [6.07, 6.45) is 5.56. The normalized spacial score (nSPS) is 21.5. The summed E-state index contributed by atoms with van der Waals surface area (Å²) in [5.74, 6) is 0.799. The van der Waals surface area contributed by atoms with Gasteiger partial charge in [-0.05, 0) is 38.8 Å². The van der Waals surface area contributed by atoms with Gasteiger partial charge in [-0.3, -0.25) is 0 Å². The van der Waals surface area contributed by atoms with Crippen molar-refractivity contribution >= 4 is 0 Å². The van der Waals surface area contributed by atoms with E-state index in [0.29, 0.717) is 0 Å². The largest absolute Gasteiger partial charge is 0.337 e. The third-order valence-corrected chi connectivity index (χ3v) is 2.91. The van der Waals surface area contributed by atoms with Crippen LogP contribution in [0, 0.1) is 5.92 Å². The van der Waals surface area contributed by atoms with Gasteiger partial charge in [0.05, 0.1) is 12.0 Å². The van der Waals surface area contributed by atoms with E-state index in [1.165, 1.54) is 24.2 Å². The second kappa shape index (κ2) is 3.50. The van der Waals surface area contributed by atoms with Crippen molar-refractivity contribution in [1.82, 2.24) is 14.9 Å². The van der Waals surface area contributed by atoms with Crippen LogP contribution >= 0.6 is 0 Å². The molecule has 1 aromatic rings. The lowest BCUT2D eigenvalue weighted by Crippen LogP contribution is -2.25. The molecule has 0 amide bonds. The molecule has 0 bridgehead atoms. The molecular weight excluding hydrogens is 162 g/mol. The maximum atomic E-state index is 4.39. The number of aryl methyl sites for hydroxylation is 2. The Kier molecular flexibility index (Phi) is 2.36. The molecule has 0 saturated carbocycles. The van der Waals surface area contributed by atoms with Gasteiger partial charge in [0.2, 0.25) is 0 Å². The number of nitrogens with zero attached hydrogens (tertiary/aromatic N) is 2. The maximum absolute atomic E-state index is 4.39. The molecular formula is C10H17N3. The molecule has 72 valence electrons. The second-order valence-corrected chi connectivity index (χ2v) is 3.92. The second-order valence-electron chi connectivity index (χ2n) is 3.92. The molecule has 1 heterocycles. The van der Waals surface area contributed by atoms with Gasteiger partial charge in [-0.2, -0.15) is 0 Å². The van der Waals surface area contributed by atoms with Crippen LogP contribution in [-0.4, -0.2) is 23.1 Å². The zero-order valence-corrected chi connectivity index (χ0v) is 8.38. The Bertz CT molecular complexity index is 290. The first-order chi connectivity index (χ1) is 6.31. The van der Waals surface area contributed by atoms with Gasteiger partial charge in [0, 0.05) is 12.7 Å². The highest BCUT2D eigenvalue weighted by atomic mass is 15.0. The Morgan fingerprint density at radius 2 is 2.54 bits per heavy atom. The van der Waals surface area contributed by atoms with E-state index in [2.05, 4.69) is 21.9 Å². The zero-order chi connectivity index (χ0) is 9.26. The fraction of sp³-hybridized carbons (Fsp3) is 0.700. The summed E-state index contributed by atoms with van der Waals surface area (Å²) < 4.78 is 2.16. The molecule has 1 N–H and O–H groups in total. The van der Waals surface area contributed by atoms with Crippen molar-refractivity contribution in [1.29, 1.82) is 0 Å². The molecule has 3 heteroatoms. The van der Waals surface area contributed by atoms with Crippen LogP contribution in [0.4, 0.5) is 0 Å². The van der Waals surface area contributed by atoms with E-state index in [9.17, 15) is 0 Å². The molecule has 0 aliphatic heterocycles. The van der Waals surface area contributed by atoms with E-state index in [0.717, 1.165) is 18.9 Å². The number of hydrogen-bond acceptors (Lipinski definition) is 2. The highest BCUT2D eigenvalue weighted by Crippen LogP contribution is 2.23. The van der Waals surface area contributed by atoms with Gasteiger partial charge in [-0.1, -0.05) is 0 Å². The predicted molar refractivity (Wildman–Crippen MR) is 52.6 cm³/mol. The summed E-state index contributed by atoms with van der Waals surface area (Å²) in [6.45, 7) is 1.13. The summed E-state index contributed by atoms with van der Waals surface area (Å²) in [5, 5.41) is 3.25.